The van der Waals surface area contributed by atoms with Crippen molar-refractivity contribution < 1.29 is 9.32 Å². The molecule has 1 heterocycles. The summed E-state index contributed by atoms with van der Waals surface area (Å²) in [5.41, 5.74) is 6.23. The van der Waals surface area contributed by atoms with Crippen molar-refractivity contribution >= 4 is 16.6 Å². The molecule has 1 atom stereocenters. The number of aliphatic hydroxyl groups excluding tert-OH is 1. The Morgan fingerprint density at radius 3 is 2.75 bits per heavy atom. The van der Waals surface area contributed by atoms with Crippen LogP contribution in [0.25, 0.3) is 0 Å². The summed E-state index contributed by atoms with van der Waals surface area (Å²) in [4.78, 5) is 4.73. The van der Waals surface area contributed by atoms with E-state index in [1.165, 1.54) is 0 Å². The maximum Gasteiger partial charge on any atom is 0.139 e. The standard InChI is InChI=1S/C10H17N3O2S/c1-12-9(13-10(6-14)3-4-10)8-7(11)2-5-16(8)15/h14H,2-6,11H2,1H3,(H,12,13). The van der Waals surface area contributed by atoms with E-state index in [1.807, 2.05) is 0 Å². The van der Waals surface area contributed by atoms with Gasteiger partial charge in [0.05, 0.1) is 27.9 Å². The zero-order valence-electron chi connectivity index (χ0n) is 9.32. The van der Waals surface area contributed by atoms with Crippen molar-refractivity contribution in [2.75, 3.05) is 19.4 Å². The number of nitrogens with two attached hydrogens (primary N) is 1. The number of aliphatic imine (C=N–C) groups is 1. The molecule has 1 fully saturated rings. The van der Waals surface area contributed by atoms with Gasteiger partial charge >= 0.3 is 0 Å². The highest BCUT2D eigenvalue weighted by molar-refractivity contribution is 7.90. The largest absolute Gasteiger partial charge is 0.401 e. The predicted octanol–water partition coefficient (Wildman–Crippen LogP) is -0.548. The average molecular weight is 243 g/mol. The molecule has 0 bridgehead atoms. The first-order valence-electron chi connectivity index (χ1n) is 5.35. The lowest BCUT2D eigenvalue weighted by Crippen LogP contribution is -2.41. The molecule has 90 valence electrons. The van der Waals surface area contributed by atoms with Gasteiger partial charge in [0.1, 0.15) is 5.84 Å². The highest BCUT2D eigenvalue weighted by Crippen LogP contribution is 2.35. The number of allylic oxidation sites excluding steroid dienone is 1. The van der Waals surface area contributed by atoms with Gasteiger partial charge in [0.15, 0.2) is 0 Å². The van der Waals surface area contributed by atoms with Gasteiger partial charge in [-0.15, -0.1) is 0 Å². The van der Waals surface area contributed by atoms with Gasteiger partial charge in [0.25, 0.3) is 0 Å². The topological polar surface area (TPSA) is 87.7 Å². The summed E-state index contributed by atoms with van der Waals surface area (Å²) >= 11 is 0. The predicted molar refractivity (Wildman–Crippen MR) is 64.4 cm³/mol. The minimum Gasteiger partial charge on any atom is -0.401 e. The monoisotopic (exact) mass is 243 g/mol. The van der Waals surface area contributed by atoms with Crippen LogP contribution >= 0.6 is 0 Å². The van der Waals surface area contributed by atoms with E-state index in [0.717, 1.165) is 12.8 Å². The van der Waals surface area contributed by atoms with E-state index < -0.39 is 10.8 Å². The number of hydrogen-bond donors (Lipinski definition) is 3. The fourth-order valence-electron chi connectivity index (χ4n) is 1.76. The molecule has 16 heavy (non-hydrogen) atoms. The second-order valence-corrected chi connectivity index (χ2v) is 5.80. The van der Waals surface area contributed by atoms with Crippen molar-refractivity contribution in [3.05, 3.63) is 10.6 Å². The Morgan fingerprint density at radius 2 is 2.38 bits per heavy atom. The van der Waals surface area contributed by atoms with Crippen molar-refractivity contribution in [1.82, 2.24) is 5.32 Å². The first kappa shape index (κ1) is 11.6. The molecule has 1 unspecified atom stereocenters. The quantitative estimate of drug-likeness (QED) is 0.458. The zero-order chi connectivity index (χ0) is 11.8. The Bertz CT molecular complexity index is 386. The Morgan fingerprint density at radius 1 is 1.69 bits per heavy atom. The summed E-state index contributed by atoms with van der Waals surface area (Å²) in [6, 6.07) is 0. The number of nitrogens with one attached hydrogen (secondary N) is 1. The first-order valence-corrected chi connectivity index (χ1v) is 6.67. The highest BCUT2D eigenvalue weighted by Gasteiger charge is 2.44. The van der Waals surface area contributed by atoms with E-state index in [1.54, 1.807) is 7.05 Å². The molecule has 0 aromatic carbocycles. The van der Waals surface area contributed by atoms with Crippen molar-refractivity contribution in [2.45, 2.75) is 24.8 Å². The van der Waals surface area contributed by atoms with E-state index in [4.69, 9.17) is 5.73 Å². The second kappa shape index (κ2) is 4.18. The number of hydrogen-bond acceptors (Lipinski definition) is 4. The summed E-state index contributed by atoms with van der Waals surface area (Å²) in [6.07, 6.45) is 2.50. The lowest BCUT2D eigenvalue weighted by Gasteiger charge is -2.18. The molecular weight excluding hydrogens is 226 g/mol. The molecule has 4 N–H and O–H groups in total. The van der Waals surface area contributed by atoms with Crippen molar-refractivity contribution in [3.8, 4) is 0 Å². The first-order chi connectivity index (χ1) is 7.62. The summed E-state index contributed by atoms with van der Waals surface area (Å²) in [6.45, 7) is 0.0752. The summed E-state index contributed by atoms with van der Waals surface area (Å²) in [7, 11) is 0.595. The van der Waals surface area contributed by atoms with Crippen molar-refractivity contribution in [3.63, 3.8) is 0 Å². The van der Waals surface area contributed by atoms with Crippen LogP contribution in [0.2, 0.25) is 0 Å². The third-order valence-corrected chi connectivity index (χ3v) is 4.54. The normalized spacial score (nSPS) is 28.4. The second-order valence-electron chi connectivity index (χ2n) is 4.29. The Labute approximate surface area is 97.3 Å². The Kier molecular flexibility index (Phi) is 3.03. The molecule has 0 saturated heterocycles. The molecule has 0 spiro atoms. The van der Waals surface area contributed by atoms with Crippen molar-refractivity contribution in [2.24, 2.45) is 10.7 Å². The molecule has 0 aromatic rings. The summed E-state index contributed by atoms with van der Waals surface area (Å²) in [5.74, 6) is 1.16. The van der Waals surface area contributed by atoms with Crippen molar-refractivity contribution in [1.29, 1.82) is 0 Å². The molecule has 6 heteroatoms. The molecule has 0 aromatic heterocycles. The van der Waals surface area contributed by atoms with E-state index >= 15 is 0 Å². The van der Waals surface area contributed by atoms with Crippen LogP contribution in [0.15, 0.2) is 15.6 Å². The van der Waals surface area contributed by atoms with E-state index in [0.29, 0.717) is 28.6 Å². The van der Waals surface area contributed by atoms with Gasteiger partial charge in [-0.2, -0.15) is 0 Å². The van der Waals surface area contributed by atoms with Crippen LogP contribution in [0, 0.1) is 0 Å². The maximum atomic E-state index is 11.8. The average Bonchev–Trinajstić information content (AvgIpc) is 2.98. The van der Waals surface area contributed by atoms with Gasteiger partial charge in [-0.05, 0) is 12.8 Å². The number of nitrogens with zero attached hydrogens (tertiary/aromatic N) is 1. The molecule has 0 radical (unpaired) electrons. The number of amidine groups is 1. The minimum atomic E-state index is -1.05. The van der Waals surface area contributed by atoms with Crippen LogP contribution in [-0.4, -0.2) is 40.1 Å². The lowest BCUT2D eigenvalue weighted by molar-refractivity contribution is 0.245. The number of aliphatic hydroxyl groups is 1. The fraction of sp³-hybridized carbons (Fsp3) is 0.700. The van der Waals surface area contributed by atoms with E-state index in [9.17, 15) is 9.32 Å². The molecule has 2 rings (SSSR count). The fourth-order valence-corrected chi connectivity index (χ4v) is 3.13. The third-order valence-electron chi connectivity index (χ3n) is 3.05. The molecule has 1 aliphatic heterocycles. The van der Waals surface area contributed by atoms with Crippen LogP contribution in [0.4, 0.5) is 0 Å². The van der Waals surface area contributed by atoms with Crippen LogP contribution in [0.1, 0.15) is 19.3 Å². The van der Waals surface area contributed by atoms with Gasteiger partial charge in [0.2, 0.25) is 0 Å². The SMILES string of the molecule is CN=C(NC1(CO)CC1)C1=C(N)CCS1=O. The molecule has 5 nitrogen and oxygen atoms in total. The summed E-state index contributed by atoms with van der Waals surface area (Å²) in [5, 5.41) is 12.4. The maximum absolute atomic E-state index is 11.8. The molecule has 2 aliphatic rings. The van der Waals surface area contributed by atoms with Gasteiger partial charge < -0.3 is 16.2 Å². The van der Waals surface area contributed by atoms with Gasteiger partial charge in [-0.1, -0.05) is 0 Å². The minimum absolute atomic E-state index is 0.0752. The zero-order valence-corrected chi connectivity index (χ0v) is 10.1. The van der Waals surface area contributed by atoms with Gasteiger partial charge in [-0.3, -0.25) is 9.20 Å². The van der Waals surface area contributed by atoms with Crippen LogP contribution in [0.3, 0.4) is 0 Å². The van der Waals surface area contributed by atoms with E-state index in [-0.39, 0.29) is 12.1 Å². The molecule has 0 amide bonds. The summed E-state index contributed by atoms with van der Waals surface area (Å²) < 4.78 is 11.8. The van der Waals surface area contributed by atoms with Crippen LogP contribution in [-0.2, 0) is 10.8 Å². The van der Waals surface area contributed by atoms with Crippen LogP contribution in [0.5, 0.6) is 0 Å². The molecular formula is C10H17N3O2S. The molecule has 1 aliphatic carbocycles. The highest BCUT2D eigenvalue weighted by atomic mass is 32.2. The lowest BCUT2D eigenvalue weighted by atomic mass is 10.2. The Balaban J connectivity index is 2.18. The molecule has 1 saturated carbocycles. The smallest absolute Gasteiger partial charge is 0.139 e. The van der Waals surface area contributed by atoms with Gasteiger partial charge in [0, 0.05) is 24.9 Å². The van der Waals surface area contributed by atoms with Crippen LogP contribution < -0.4 is 11.1 Å². The Hall–Kier alpha value is -0.880. The van der Waals surface area contributed by atoms with Gasteiger partial charge in [-0.25, -0.2) is 0 Å². The number of rotatable bonds is 3. The van der Waals surface area contributed by atoms with E-state index in [2.05, 4.69) is 10.3 Å². The third kappa shape index (κ3) is 1.99.